The number of fused-ring (bicyclic) bond motifs is 1. The lowest BCUT2D eigenvalue weighted by Gasteiger charge is -2.14. The number of ether oxygens (including phenoxy) is 1. The molecule has 5 aromatic rings. The van der Waals surface area contributed by atoms with E-state index in [2.05, 4.69) is 20.5 Å². The van der Waals surface area contributed by atoms with Crippen LogP contribution in [0.3, 0.4) is 0 Å². The molecule has 3 aromatic heterocycles. The number of halogens is 4. The quantitative estimate of drug-likeness (QED) is 0.294. The van der Waals surface area contributed by atoms with Gasteiger partial charge in [-0.3, -0.25) is 4.98 Å². The maximum atomic E-state index is 14.3. The third kappa shape index (κ3) is 4.31. The van der Waals surface area contributed by atoms with Crippen LogP contribution in [0.1, 0.15) is 22.9 Å². The monoisotopic (exact) mass is 525 g/mol. The van der Waals surface area contributed by atoms with Crippen molar-refractivity contribution in [3.63, 3.8) is 0 Å². The summed E-state index contributed by atoms with van der Waals surface area (Å²) in [5.41, 5.74) is 7.64. The van der Waals surface area contributed by atoms with E-state index in [9.17, 15) is 13.2 Å². The molecule has 0 saturated carbocycles. The van der Waals surface area contributed by atoms with E-state index in [1.165, 1.54) is 6.20 Å². The summed E-state index contributed by atoms with van der Waals surface area (Å²) in [5, 5.41) is 12.4. The number of aromatic nitrogens is 5. The standard InChI is InChI=1S/C25H19ClF3N7O/c26-18-9-15(6-7-21(18)35-13-14(10-30)11-32-35)34-24-22(37-24)17-12-33-36(23(17)25(27,28)29)20-5-1-4-19-16(20)3-2-8-31-19/h1-9,11-13,22,24,34H,10,30H2. The summed E-state index contributed by atoms with van der Waals surface area (Å²) in [6.07, 6.45) is 0.0372. The van der Waals surface area contributed by atoms with Crippen LogP contribution in [0.25, 0.3) is 22.3 Å². The van der Waals surface area contributed by atoms with Crippen LogP contribution in [0.2, 0.25) is 5.02 Å². The molecule has 8 nitrogen and oxygen atoms in total. The normalized spacial score (nSPS) is 17.3. The first-order valence-electron chi connectivity index (χ1n) is 11.3. The van der Waals surface area contributed by atoms with Gasteiger partial charge in [-0.1, -0.05) is 17.7 Å². The first-order valence-corrected chi connectivity index (χ1v) is 11.7. The predicted molar refractivity (Wildman–Crippen MR) is 132 cm³/mol. The zero-order valence-electron chi connectivity index (χ0n) is 19.0. The Hall–Kier alpha value is -3.93. The highest BCUT2D eigenvalue weighted by Crippen LogP contribution is 2.46. The molecule has 1 fully saturated rings. The summed E-state index contributed by atoms with van der Waals surface area (Å²) < 4.78 is 50.9. The van der Waals surface area contributed by atoms with Gasteiger partial charge in [-0.05, 0) is 42.5 Å². The van der Waals surface area contributed by atoms with Gasteiger partial charge in [0.25, 0.3) is 0 Å². The van der Waals surface area contributed by atoms with Crippen molar-refractivity contribution in [3.8, 4) is 11.4 Å². The number of rotatable bonds is 6. The van der Waals surface area contributed by atoms with E-state index in [0.717, 1.165) is 10.2 Å². The van der Waals surface area contributed by atoms with Crippen LogP contribution in [-0.2, 0) is 17.5 Å². The number of anilines is 1. The van der Waals surface area contributed by atoms with Gasteiger partial charge in [0.05, 0.1) is 34.3 Å². The molecule has 188 valence electrons. The number of alkyl halides is 3. The molecule has 1 saturated heterocycles. The van der Waals surface area contributed by atoms with Gasteiger partial charge in [0.15, 0.2) is 11.9 Å². The number of epoxide rings is 1. The van der Waals surface area contributed by atoms with Gasteiger partial charge in [-0.25, -0.2) is 9.36 Å². The fourth-order valence-corrected chi connectivity index (χ4v) is 4.58. The minimum absolute atomic E-state index is 0.0561. The Labute approximate surface area is 213 Å². The molecule has 2 unspecified atom stereocenters. The van der Waals surface area contributed by atoms with Gasteiger partial charge < -0.3 is 15.8 Å². The van der Waals surface area contributed by atoms with E-state index in [4.69, 9.17) is 22.1 Å². The Morgan fingerprint density at radius 2 is 1.92 bits per heavy atom. The SMILES string of the molecule is NCc1cnn(-c2ccc(NC3OC3c3cnn(-c4cccc5ncccc45)c3C(F)(F)F)cc2Cl)c1. The van der Waals surface area contributed by atoms with Crippen molar-refractivity contribution in [2.24, 2.45) is 5.73 Å². The summed E-state index contributed by atoms with van der Waals surface area (Å²) in [6, 6.07) is 13.5. The maximum Gasteiger partial charge on any atom is 0.433 e. The van der Waals surface area contributed by atoms with E-state index in [0.29, 0.717) is 33.8 Å². The molecule has 1 aliphatic rings. The predicted octanol–water partition coefficient (Wildman–Crippen LogP) is 5.25. The van der Waals surface area contributed by atoms with E-state index >= 15 is 0 Å². The Balaban J connectivity index is 1.27. The molecule has 0 spiro atoms. The van der Waals surface area contributed by atoms with Gasteiger partial charge in [0.2, 0.25) is 0 Å². The van der Waals surface area contributed by atoms with Crippen molar-refractivity contribution >= 4 is 28.2 Å². The van der Waals surface area contributed by atoms with Crippen LogP contribution in [0, 0.1) is 0 Å². The van der Waals surface area contributed by atoms with Crippen molar-refractivity contribution in [1.29, 1.82) is 0 Å². The Bertz CT molecular complexity index is 1610. The number of nitrogens with zero attached hydrogens (tertiary/aromatic N) is 5. The molecule has 2 aromatic carbocycles. The summed E-state index contributed by atoms with van der Waals surface area (Å²) in [6.45, 7) is 0.353. The molecule has 12 heteroatoms. The smallest absolute Gasteiger partial charge is 0.358 e. The van der Waals surface area contributed by atoms with Gasteiger partial charge in [-0.2, -0.15) is 23.4 Å². The van der Waals surface area contributed by atoms with Crippen LogP contribution < -0.4 is 11.1 Å². The average Bonchev–Trinajstić information content (AvgIpc) is 3.27. The summed E-state index contributed by atoms with van der Waals surface area (Å²) in [7, 11) is 0. The molecule has 0 bridgehead atoms. The third-order valence-electron chi connectivity index (χ3n) is 6.09. The molecule has 4 heterocycles. The largest absolute Gasteiger partial charge is 0.433 e. The van der Waals surface area contributed by atoms with Crippen molar-refractivity contribution in [2.75, 3.05) is 5.32 Å². The molecule has 37 heavy (non-hydrogen) atoms. The van der Waals surface area contributed by atoms with Gasteiger partial charge in [0.1, 0.15) is 6.10 Å². The fraction of sp³-hybridized carbons (Fsp3) is 0.160. The zero-order valence-corrected chi connectivity index (χ0v) is 19.8. The van der Waals surface area contributed by atoms with E-state index in [-0.39, 0.29) is 11.3 Å². The number of hydrogen-bond donors (Lipinski definition) is 2. The minimum atomic E-state index is -4.66. The summed E-state index contributed by atoms with van der Waals surface area (Å²) >= 11 is 6.44. The second-order valence-electron chi connectivity index (χ2n) is 8.49. The van der Waals surface area contributed by atoms with E-state index < -0.39 is 24.2 Å². The van der Waals surface area contributed by atoms with Crippen molar-refractivity contribution < 1.29 is 17.9 Å². The van der Waals surface area contributed by atoms with Crippen LogP contribution in [0.5, 0.6) is 0 Å². The lowest BCUT2D eigenvalue weighted by atomic mass is 10.1. The number of benzene rings is 2. The number of nitrogens with one attached hydrogen (secondary N) is 1. The lowest BCUT2D eigenvalue weighted by Crippen LogP contribution is -2.16. The molecule has 0 aliphatic carbocycles. The molecule has 0 radical (unpaired) electrons. The first kappa shape index (κ1) is 23.5. The number of pyridine rings is 1. The van der Waals surface area contributed by atoms with E-state index in [1.807, 2.05) is 0 Å². The highest BCUT2D eigenvalue weighted by Gasteiger charge is 2.49. The van der Waals surface area contributed by atoms with Crippen molar-refractivity contribution in [2.45, 2.75) is 25.1 Å². The Kier molecular flexibility index (Phi) is 5.63. The van der Waals surface area contributed by atoms with Crippen LogP contribution in [0.15, 0.2) is 73.3 Å². The van der Waals surface area contributed by atoms with Gasteiger partial charge in [-0.15, -0.1) is 0 Å². The second kappa shape index (κ2) is 8.87. The molecule has 1 aliphatic heterocycles. The highest BCUT2D eigenvalue weighted by molar-refractivity contribution is 6.32. The topological polar surface area (TPSA) is 99.1 Å². The molecular weight excluding hydrogens is 507 g/mol. The summed E-state index contributed by atoms with van der Waals surface area (Å²) in [5.74, 6) is 0. The second-order valence-corrected chi connectivity index (χ2v) is 8.90. The van der Waals surface area contributed by atoms with Gasteiger partial charge >= 0.3 is 6.18 Å². The van der Waals surface area contributed by atoms with E-state index in [1.54, 1.807) is 71.8 Å². The average molecular weight is 526 g/mol. The fourth-order valence-electron chi connectivity index (χ4n) is 4.31. The molecule has 3 N–H and O–H groups in total. The zero-order chi connectivity index (χ0) is 25.7. The highest BCUT2D eigenvalue weighted by atomic mass is 35.5. The number of hydrogen-bond acceptors (Lipinski definition) is 6. The molecular formula is C25H19ClF3N7O. The molecule has 0 amide bonds. The van der Waals surface area contributed by atoms with Gasteiger partial charge in [0, 0.05) is 41.1 Å². The minimum Gasteiger partial charge on any atom is -0.358 e. The molecule has 6 rings (SSSR count). The maximum absolute atomic E-state index is 14.3. The van der Waals surface area contributed by atoms with Crippen LogP contribution in [-0.4, -0.2) is 30.8 Å². The molecule has 2 atom stereocenters. The van der Waals surface area contributed by atoms with Crippen molar-refractivity contribution in [1.82, 2.24) is 24.5 Å². The Morgan fingerprint density at radius 1 is 1.05 bits per heavy atom. The van der Waals surface area contributed by atoms with Crippen LogP contribution in [0.4, 0.5) is 18.9 Å². The van der Waals surface area contributed by atoms with Crippen LogP contribution >= 0.6 is 11.6 Å². The first-order chi connectivity index (χ1) is 17.8. The number of nitrogens with two attached hydrogens (primary N) is 1. The van der Waals surface area contributed by atoms with Crippen molar-refractivity contribution in [3.05, 3.63) is 95.2 Å². The summed E-state index contributed by atoms with van der Waals surface area (Å²) in [4.78, 5) is 4.23. The Morgan fingerprint density at radius 3 is 2.68 bits per heavy atom. The third-order valence-corrected chi connectivity index (χ3v) is 6.39. The lowest BCUT2D eigenvalue weighted by molar-refractivity contribution is -0.143.